The Bertz CT molecular complexity index is 3350. The summed E-state index contributed by atoms with van der Waals surface area (Å²) in [5.41, 5.74) is 7.34. The van der Waals surface area contributed by atoms with Crippen LogP contribution in [0.3, 0.4) is 0 Å². The van der Waals surface area contributed by atoms with E-state index in [0.29, 0.717) is 104 Å². The van der Waals surface area contributed by atoms with Gasteiger partial charge in [-0.2, -0.15) is 0 Å². The molecule has 0 saturated carbocycles. The minimum Gasteiger partial charge on any atom is -0.494 e. The number of nitrogens with zero attached hydrogens (tertiary/aromatic N) is 6. The normalized spacial score (nSPS) is 17.4. The van der Waals surface area contributed by atoms with Crippen LogP contribution in [-0.2, 0) is 24.0 Å². The zero-order chi connectivity index (χ0) is 61.0. The number of hydrogen-bond acceptors (Lipinski definition) is 14. The highest BCUT2D eigenvalue weighted by atomic mass is 16.5. The maximum Gasteiger partial charge on any atom is 0.260 e. The van der Waals surface area contributed by atoms with Crippen molar-refractivity contribution in [3.8, 4) is 23.0 Å². The van der Waals surface area contributed by atoms with Gasteiger partial charge in [0.15, 0.2) is 17.3 Å². The molecule has 4 atom stereocenters. The highest BCUT2D eigenvalue weighted by molar-refractivity contribution is 6.13. The molecule has 0 aliphatic carbocycles. The fourth-order valence-corrected chi connectivity index (χ4v) is 11.0. The molecule has 19 heteroatoms. The predicted octanol–water partition coefficient (Wildman–Crippen LogP) is 10.1. The molecular weight excluding hydrogens is 1090 g/mol. The second kappa shape index (κ2) is 28.5. The van der Waals surface area contributed by atoms with Crippen LogP contribution in [0.4, 0.5) is 17.1 Å². The Morgan fingerprint density at radius 1 is 0.663 bits per heavy atom. The Labute approximate surface area is 503 Å². The highest BCUT2D eigenvalue weighted by Crippen LogP contribution is 2.41. The van der Waals surface area contributed by atoms with Crippen molar-refractivity contribution in [3.05, 3.63) is 125 Å². The van der Waals surface area contributed by atoms with Gasteiger partial charge in [0.25, 0.3) is 23.6 Å². The molecule has 19 nitrogen and oxygen atoms in total. The predicted molar refractivity (Wildman–Crippen MR) is 330 cm³/mol. The van der Waals surface area contributed by atoms with Gasteiger partial charge in [-0.25, -0.2) is 0 Å². The van der Waals surface area contributed by atoms with Crippen molar-refractivity contribution in [2.45, 2.75) is 116 Å². The summed E-state index contributed by atoms with van der Waals surface area (Å²) in [5, 5.41) is 5.76. The first kappa shape index (κ1) is 61.8. The zero-order valence-corrected chi connectivity index (χ0v) is 50.3. The molecule has 0 saturated heterocycles. The van der Waals surface area contributed by atoms with Crippen molar-refractivity contribution in [1.82, 2.24) is 24.9 Å². The maximum atomic E-state index is 14.1. The standard InChI is InChI=1S/C67H78N8O11/c1-42(2)64(71-61(77)15-10-8-11-27-73-62(78)24-25-63(73)79)57(76)32-44(4)65(80)70-49-20-16-45(17-21-49)47-33-51-39-69-56-37-60(59(83-7)35-54(56)67(82)75(51)40-47)86-29-13-9-12-28-85-58-36-55-53(31-43(58)3)66(81)74-41-48(34-50(74)38-68-55)46-18-22-52(23-19-46)84-30-14-26-72(5)6/h16-25,31,35-42,44,50-51,64H,8-15,26-30,32-34H2,1-7H3,(H,70,80)(H,71,77)/t44-,50+,51+,64+/m1/s1. The minimum absolute atomic E-state index is 0.0619. The van der Waals surface area contributed by atoms with Crippen molar-refractivity contribution in [2.24, 2.45) is 21.8 Å². The Hall–Kier alpha value is -8.71. The number of benzene rings is 4. The van der Waals surface area contributed by atoms with Gasteiger partial charge in [-0.15, -0.1) is 0 Å². The van der Waals surface area contributed by atoms with Crippen molar-refractivity contribution in [2.75, 3.05) is 59.4 Å². The van der Waals surface area contributed by atoms with Crippen molar-refractivity contribution in [3.63, 3.8) is 0 Å². The Morgan fingerprint density at radius 2 is 1.22 bits per heavy atom. The van der Waals surface area contributed by atoms with Crippen LogP contribution in [0, 0.1) is 18.8 Å². The van der Waals surface area contributed by atoms with E-state index >= 15 is 0 Å². The van der Waals surface area contributed by atoms with E-state index < -0.39 is 12.0 Å². The van der Waals surface area contributed by atoms with E-state index in [1.54, 1.807) is 47.2 Å². The van der Waals surface area contributed by atoms with E-state index in [1.807, 2.05) is 87.9 Å². The molecule has 4 aromatic carbocycles. The number of amides is 6. The number of nitrogens with one attached hydrogen (secondary N) is 2. The molecule has 0 radical (unpaired) electrons. The van der Waals surface area contributed by atoms with E-state index in [9.17, 15) is 33.6 Å². The van der Waals surface area contributed by atoms with Crippen LogP contribution in [0.5, 0.6) is 23.0 Å². The van der Waals surface area contributed by atoms with Crippen LogP contribution < -0.4 is 29.6 Å². The lowest BCUT2D eigenvalue weighted by Gasteiger charge is -2.23. The SMILES string of the molecule is COc1cc2c(cc1OCCCCCOc1cc3c(cc1C)C(=O)N1C=C(c4ccc(OCCCN(C)C)cc4)C[C@H]1C=N3)N=C[C@@H]1CC(c3ccc(NC(=O)[C@H](C)CC(=O)[C@@H](NC(=O)CCCCCN4C(=O)C=CC4=O)C(C)C)cc3)=CN1C2=O. The number of anilines is 1. The van der Waals surface area contributed by atoms with E-state index in [4.69, 9.17) is 28.9 Å². The summed E-state index contributed by atoms with van der Waals surface area (Å²) < 4.78 is 24.1. The number of hydrogen-bond donors (Lipinski definition) is 2. The number of unbranched alkanes of at least 4 members (excludes halogenated alkanes) is 4. The lowest BCUT2D eigenvalue weighted by molar-refractivity contribution is -0.137. The first-order valence-corrected chi connectivity index (χ1v) is 29.9. The molecule has 0 aromatic heterocycles. The van der Waals surface area contributed by atoms with Gasteiger partial charge in [0.1, 0.15) is 11.5 Å². The highest BCUT2D eigenvalue weighted by Gasteiger charge is 2.36. The number of methoxy groups -OCH3 is 1. The summed E-state index contributed by atoms with van der Waals surface area (Å²) in [6.45, 7) is 10.1. The van der Waals surface area contributed by atoms with Crippen LogP contribution in [0.2, 0.25) is 0 Å². The third-order valence-electron chi connectivity index (χ3n) is 16.0. The molecule has 4 aromatic rings. The molecule has 452 valence electrons. The minimum atomic E-state index is -0.754. The zero-order valence-electron chi connectivity index (χ0n) is 50.3. The monoisotopic (exact) mass is 1170 g/mol. The number of fused-ring (bicyclic) bond motifs is 4. The number of aryl methyl sites for hydroxylation is 1. The van der Waals surface area contributed by atoms with Gasteiger partial charge in [-0.05, 0) is 130 Å². The molecule has 0 unspecified atom stereocenters. The van der Waals surface area contributed by atoms with Crippen LogP contribution in [0.15, 0.2) is 107 Å². The topological polar surface area (TPSA) is 218 Å². The van der Waals surface area contributed by atoms with Crippen LogP contribution in [0.25, 0.3) is 11.1 Å². The largest absolute Gasteiger partial charge is 0.494 e. The lowest BCUT2D eigenvalue weighted by atomic mass is 9.92. The number of ether oxygens (including phenoxy) is 4. The average molecular weight is 1170 g/mol. The fraction of sp³-hybridized carbons (Fsp3) is 0.418. The lowest BCUT2D eigenvalue weighted by Crippen LogP contribution is -2.45. The third-order valence-corrected chi connectivity index (χ3v) is 16.0. The molecule has 9 rings (SSSR count). The van der Waals surface area contributed by atoms with E-state index in [1.165, 1.54) is 24.2 Å². The smallest absolute Gasteiger partial charge is 0.260 e. The molecule has 5 aliphatic heterocycles. The molecule has 0 spiro atoms. The first-order valence-electron chi connectivity index (χ1n) is 29.9. The summed E-state index contributed by atoms with van der Waals surface area (Å²) in [6.07, 6.45) is 16.3. The van der Waals surface area contributed by atoms with Gasteiger partial charge >= 0.3 is 0 Å². The summed E-state index contributed by atoms with van der Waals surface area (Å²) in [6, 6.07) is 21.3. The van der Waals surface area contributed by atoms with E-state index in [0.717, 1.165) is 65.8 Å². The third kappa shape index (κ3) is 15.2. The number of imide groups is 1. The maximum absolute atomic E-state index is 14.1. The molecule has 2 N–H and O–H groups in total. The molecule has 5 heterocycles. The molecule has 6 amide bonds. The summed E-state index contributed by atoms with van der Waals surface area (Å²) in [7, 11) is 5.64. The summed E-state index contributed by atoms with van der Waals surface area (Å²) >= 11 is 0. The van der Waals surface area contributed by atoms with Gasteiger partial charge in [0.05, 0.1) is 67.6 Å². The second-order valence-corrected chi connectivity index (χ2v) is 23.2. The first-order chi connectivity index (χ1) is 41.4. The summed E-state index contributed by atoms with van der Waals surface area (Å²) in [4.78, 5) is 107. The van der Waals surface area contributed by atoms with Crippen molar-refractivity contribution in [1.29, 1.82) is 0 Å². The number of ketones is 1. The van der Waals surface area contributed by atoms with Crippen molar-refractivity contribution >= 4 is 81.9 Å². The Balaban J connectivity index is 0.698. The van der Waals surface area contributed by atoms with Gasteiger partial charge in [0.2, 0.25) is 11.8 Å². The van der Waals surface area contributed by atoms with Crippen LogP contribution in [-0.4, -0.2) is 145 Å². The van der Waals surface area contributed by atoms with Gasteiger partial charge in [-0.3, -0.25) is 48.4 Å². The Morgan fingerprint density at radius 3 is 1.81 bits per heavy atom. The van der Waals surface area contributed by atoms with Crippen LogP contribution >= 0.6 is 0 Å². The average Bonchev–Trinajstić information content (AvgIpc) is 2.00. The molecule has 0 bridgehead atoms. The number of Topliss-reactive ketones (excluding diaryl/α,β-unsaturated/α-hetero) is 1. The van der Waals surface area contributed by atoms with E-state index in [-0.39, 0.29) is 72.1 Å². The summed E-state index contributed by atoms with van der Waals surface area (Å²) in [5.74, 6) is -0.236. The molecule has 5 aliphatic rings. The number of rotatable bonds is 29. The molecular formula is C67H78N8O11. The van der Waals surface area contributed by atoms with Gasteiger partial charge in [0, 0.05) is 99.5 Å². The van der Waals surface area contributed by atoms with Crippen LogP contribution in [0.1, 0.15) is 129 Å². The van der Waals surface area contributed by atoms with Gasteiger partial charge in [-0.1, -0.05) is 51.5 Å². The van der Waals surface area contributed by atoms with E-state index in [2.05, 4.69) is 29.6 Å². The number of carbonyl (C=O) groups is 7. The molecule has 0 fully saturated rings. The van der Waals surface area contributed by atoms with Gasteiger partial charge < -0.3 is 44.3 Å². The quantitative estimate of drug-likeness (QED) is 0.0383. The van der Waals surface area contributed by atoms with Crippen molar-refractivity contribution < 1.29 is 52.5 Å². The number of carbonyl (C=O) groups excluding carboxylic acids is 7. The molecule has 86 heavy (non-hydrogen) atoms. The Kier molecular flexibility index (Phi) is 20.5. The fourth-order valence-electron chi connectivity index (χ4n) is 11.0. The second-order valence-electron chi connectivity index (χ2n) is 23.2. The number of aliphatic imine (C=N–C) groups is 2.